The second kappa shape index (κ2) is 8.15. The number of nitrogens with one attached hydrogen (secondary N) is 1. The molecule has 2 amide bonds. The van der Waals surface area contributed by atoms with Gasteiger partial charge in [0.15, 0.2) is 0 Å². The first-order valence-electron chi connectivity index (χ1n) is 8.28. The molecule has 1 aliphatic heterocycles. The Morgan fingerprint density at radius 2 is 2.04 bits per heavy atom. The van der Waals surface area contributed by atoms with Gasteiger partial charge < -0.3 is 19.7 Å². The van der Waals surface area contributed by atoms with Gasteiger partial charge in [-0.05, 0) is 25.0 Å². The highest BCUT2D eigenvalue weighted by molar-refractivity contribution is 5.99. The fraction of sp³-hybridized carbons (Fsp3) is 0.556. The molecule has 6 heteroatoms. The molecule has 0 radical (unpaired) electrons. The van der Waals surface area contributed by atoms with Gasteiger partial charge in [-0.2, -0.15) is 0 Å². The third-order valence-corrected chi connectivity index (χ3v) is 4.12. The summed E-state index contributed by atoms with van der Waals surface area (Å²) >= 11 is 0. The third-order valence-electron chi connectivity index (χ3n) is 4.12. The lowest BCUT2D eigenvalue weighted by atomic mass is 10.0. The Balaban J connectivity index is 2.13. The van der Waals surface area contributed by atoms with Crippen LogP contribution in [-0.2, 0) is 9.53 Å². The first kappa shape index (κ1) is 18.3. The summed E-state index contributed by atoms with van der Waals surface area (Å²) in [5, 5.41) is 2.87. The van der Waals surface area contributed by atoms with Gasteiger partial charge in [0.2, 0.25) is 5.91 Å². The molecule has 6 nitrogen and oxygen atoms in total. The lowest BCUT2D eigenvalue weighted by molar-refractivity contribution is -0.141. The maximum absolute atomic E-state index is 12.8. The summed E-state index contributed by atoms with van der Waals surface area (Å²) in [6.45, 7) is 7.42. The first-order valence-corrected chi connectivity index (χ1v) is 8.28. The van der Waals surface area contributed by atoms with E-state index in [9.17, 15) is 9.59 Å². The van der Waals surface area contributed by atoms with Crippen LogP contribution in [0.15, 0.2) is 24.3 Å². The van der Waals surface area contributed by atoms with Crippen molar-refractivity contribution in [3.05, 3.63) is 29.8 Å². The molecule has 24 heavy (non-hydrogen) atoms. The molecule has 1 aliphatic rings. The summed E-state index contributed by atoms with van der Waals surface area (Å²) in [5.41, 5.74) is 0.425. The number of hydrogen-bond acceptors (Lipinski definition) is 4. The number of para-hydroxylation sites is 1. The number of nitrogens with zero attached hydrogens (tertiary/aromatic N) is 1. The first-order chi connectivity index (χ1) is 11.4. The van der Waals surface area contributed by atoms with Crippen LogP contribution in [0.4, 0.5) is 0 Å². The predicted molar refractivity (Wildman–Crippen MR) is 91.1 cm³/mol. The fourth-order valence-corrected chi connectivity index (χ4v) is 2.78. The second-order valence-electron chi connectivity index (χ2n) is 6.36. The molecule has 0 aromatic heterocycles. The van der Waals surface area contributed by atoms with Crippen molar-refractivity contribution >= 4 is 11.8 Å². The second-order valence-corrected chi connectivity index (χ2v) is 6.36. The van der Waals surface area contributed by atoms with Gasteiger partial charge in [0.05, 0.1) is 25.4 Å². The molecule has 0 saturated carbocycles. The monoisotopic (exact) mass is 334 g/mol. The topological polar surface area (TPSA) is 67.9 Å². The van der Waals surface area contributed by atoms with Gasteiger partial charge in [-0.1, -0.05) is 26.0 Å². The Bertz CT molecular complexity index is 588. The van der Waals surface area contributed by atoms with Gasteiger partial charge in [-0.15, -0.1) is 0 Å². The minimum absolute atomic E-state index is 0.0143. The molecule has 0 aliphatic carbocycles. The van der Waals surface area contributed by atoms with Gasteiger partial charge in [0.25, 0.3) is 5.91 Å². The molecule has 0 bridgehead atoms. The molecule has 0 spiro atoms. The van der Waals surface area contributed by atoms with Crippen molar-refractivity contribution in [3.8, 4) is 5.75 Å². The highest BCUT2D eigenvalue weighted by Crippen LogP contribution is 2.18. The van der Waals surface area contributed by atoms with E-state index in [4.69, 9.17) is 9.47 Å². The van der Waals surface area contributed by atoms with Crippen LogP contribution in [0.25, 0.3) is 0 Å². The number of rotatable bonds is 5. The Morgan fingerprint density at radius 3 is 2.67 bits per heavy atom. The van der Waals surface area contributed by atoms with Crippen molar-refractivity contribution in [3.63, 3.8) is 0 Å². The Hall–Kier alpha value is -2.08. The van der Waals surface area contributed by atoms with Crippen LogP contribution in [0.5, 0.6) is 5.75 Å². The fourth-order valence-electron chi connectivity index (χ4n) is 2.78. The number of morpholine rings is 1. The molecule has 1 aromatic rings. The minimum Gasteiger partial charge on any atom is -0.496 e. The number of hydrogen-bond donors (Lipinski definition) is 1. The van der Waals surface area contributed by atoms with E-state index in [2.05, 4.69) is 5.32 Å². The van der Waals surface area contributed by atoms with Crippen molar-refractivity contribution in [2.24, 2.45) is 5.92 Å². The average molecular weight is 334 g/mol. The predicted octanol–water partition coefficient (Wildman–Crippen LogP) is 1.70. The summed E-state index contributed by atoms with van der Waals surface area (Å²) in [6.07, 6.45) is 0.0143. The molecule has 1 heterocycles. The van der Waals surface area contributed by atoms with Crippen LogP contribution in [0, 0.1) is 5.92 Å². The quantitative estimate of drug-likeness (QED) is 0.890. The SMILES string of the molecule is COc1ccccc1C(=O)NC(C(=O)N1CCOC(C)C1)C(C)C. The number of methoxy groups -OCH3 is 1. The van der Waals surface area contributed by atoms with E-state index in [0.717, 1.165) is 0 Å². The van der Waals surface area contributed by atoms with Gasteiger partial charge in [-0.25, -0.2) is 0 Å². The number of benzene rings is 1. The van der Waals surface area contributed by atoms with Gasteiger partial charge in [0, 0.05) is 13.1 Å². The third kappa shape index (κ3) is 4.26. The van der Waals surface area contributed by atoms with E-state index in [1.54, 1.807) is 29.2 Å². The summed E-state index contributed by atoms with van der Waals surface area (Å²) in [6, 6.07) is 6.41. The molecule has 1 aromatic carbocycles. The Morgan fingerprint density at radius 1 is 1.33 bits per heavy atom. The van der Waals surface area contributed by atoms with E-state index in [0.29, 0.717) is 31.0 Å². The van der Waals surface area contributed by atoms with Gasteiger partial charge in [0.1, 0.15) is 11.8 Å². The Labute approximate surface area is 143 Å². The van der Waals surface area contributed by atoms with Crippen LogP contribution in [0.2, 0.25) is 0 Å². The average Bonchev–Trinajstić information content (AvgIpc) is 2.58. The zero-order valence-corrected chi connectivity index (χ0v) is 14.7. The normalized spacial score (nSPS) is 19.0. The van der Waals surface area contributed by atoms with E-state index in [-0.39, 0.29) is 23.8 Å². The highest BCUT2D eigenvalue weighted by Gasteiger charge is 2.31. The van der Waals surface area contributed by atoms with Crippen molar-refractivity contribution in [2.75, 3.05) is 26.8 Å². The molecule has 1 saturated heterocycles. The van der Waals surface area contributed by atoms with Crippen LogP contribution in [0.1, 0.15) is 31.1 Å². The van der Waals surface area contributed by atoms with Crippen molar-refractivity contribution in [1.82, 2.24) is 10.2 Å². The van der Waals surface area contributed by atoms with Gasteiger partial charge in [-0.3, -0.25) is 9.59 Å². The van der Waals surface area contributed by atoms with Crippen molar-refractivity contribution in [2.45, 2.75) is 32.9 Å². The summed E-state index contributed by atoms with van der Waals surface area (Å²) in [7, 11) is 1.52. The summed E-state index contributed by atoms with van der Waals surface area (Å²) < 4.78 is 10.7. The molecule has 2 unspecified atom stereocenters. The minimum atomic E-state index is -0.576. The van der Waals surface area contributed by atoms with Gasteiger partial charge >= 0.3 is 0 Å². The maximum Gasteiger partial charge on any atom is 0.255 e. The van der Waals surface area contributed by atoms with E-state index in [1.807, 2.05) is 20.8 Å². The number of carbonyl (C=O) groups excluding carboxylic acids is 2. The molecule has 1 fully saturated rings. The van der Waals surface area contributed by atoms with Crippen LogP contribution in [0.3, 0.4) is 0 Å². The number of carbonyl (C=O) groups is 2. The highest BCUT2D eigenvalue weighted by atomic mass is 16.5. The number of amides is 2. The molecule has 1 N–H and O–H groups in total. The summed E-state index contributed by atoms with van der Waals surface area (Å²) in [4.78, 5) is 27.2. The zero-order chi connectivity index (χ0) is 17.7. The van der Waals surface area contributed by atoms with E-state index >= 15 is 0 Å². The maximum atomic E-state index is 12.8. The zero-order valence-electron chi connectivity index (χ0n) is 14.7. The lowest BCUT2D eigenvalue weighted by Crippen LogP contribution is -2.55. The van der Waals surface area contributed by atoms with Crippen LogP contribution in [-0.4, -0.2) is 55.7 Å². The smallest absolute Gasteiger partial charge is 0.255 e. The largest absolute Gasteiger partial charge is 0.496 e. The molecule has 132 valence electrons. The molecule has 2 rings (SSSR count). The van der Waals surface area contributed by atoms with Crippen molar-refractivity contribution < 1.29 is 19.1 Å². The van der Waals surface area contributed by atoms with E-state index in [1.165, 1.54) is 7.11 Å². The molecule has 2 atom stereocenters. The lowest BCUT2D eigenvalue weighted by Gasteiger charge is -2.35. The Kier molecular flexibility index (Phi) is 6.20. The number of ether oxygens (including phenoxy) is 2. The van der Waals surface area contributed by atoms with Crippen molar-refractivity contribution in [1.29, 1.82) is 0 Å². The van der Waals surface area contributed by atoms with Crippen LogP contribution >= 0.6 is 0 Å². The summed E-state index contributed by atoms with van der Waals surface area (Å²) in [5.74, 6) is 0.100. The molecular weight excluding hydrogens is 308 g/mol. The molecular formula is C18H26N2O4. The standard InChI is InChI=1S/C18H26N2O4/c1-12(2)16(18(22)20-9-10-24-13(3)11-20)19-17(21)14-7-5-6-8-15(14)23-4/h5-8,12-13,16H,9-11H2,1-4H3,(H,19,21). The van der Waals surface area contributed by atoms with Crippen LogP contribution < -0.4 is 10.1 Å². The van der Waals surface area contributed by atoms with E-state index < -0.39 is 6.04 Å².